The van der Waals surface area contributed by atoms with Gasteiger partial charge in [-0.3, -0.25) is 0 Å². The first-order valence-electron chi connectivity index (χ1n) is 7.42. The van der Waals surface area contributed by atoms with E-state index < -0.39 is 0 Å². The van der Waals surface area contributed by atoms with Crippen molar-refractivity contribution < 1.29 is 14.6 Å². The molecule has 1 fully saturated rings. The minimum atomic E-state index is -0.141. The molecule has 4 rings (SSSR count). The topological polar surface area (TPSA) is 63.6 Å². The average Bonchev–Trinajstić information content (AvgIpc) is 2.95. The summed E-state index contributed by atoms with van der Waals surface area (Å²) in [5.74, 6) is 2.45. The molecule has 0 saturated heterocycles. The fourth-order valence-electron chi connectivity index (χ4n) is 3.09. The van der Waals surface area contributed by atoms with Crippen molar-refractivity contribution in [2.45, 2.75) is 37.8 Å². The molecule has 1 aliphatic carbocycles. The lowest BCUT2D eigenvalue weighted by Crippen LogP contribution is -2.28. The predicted molar refractivity (Wildman–Crippen MR) is 79.8 cm³/mol. The highest BCUT2D eigenvalue weighted by atomic mass is 16.7. The summed E-state index contributed by atoms with van der Waals surface area (Å²) in [5, 5.41) is 15.3. The Morgan fingerprint density at radius 1 is 1.10 bits per heavy atom. The summed E-state index contributed by atoms with van der Waals surface area (Å²) in [7, 11) is 0. The summed E-state index contributed by atoms with van der Waals surface area (Å²) in [4.78, 5) is 4.48. The second-order valence-electron chi connectivity index (χ2n) is 5.74. The van der Waals surface area contributed by atoms with Gasteiger partial charge in [0.25, 0.3) is 0 Å². The van der Waals surface area contributed by atoms with E-state index in [2.05, 4.69) is 10.3 Å². The first-order chi connectivity index (χ1) is 10.3. The molecule has 0 radical (unpaired) electrons. The van der Waals surface area contributed by atoms with E-state index in [1.165, 1.54) is 0 Å². The number of fused-ring (bicyclic) bond motifs is 2. The van der Waals surface area contributed by atoms with Gasteiger partial charge in [-0.15, -0.1) is 0 Å². The molecule has 1 aromatic carbocycles. The van der Waals surface area contributed by atoms with Crippen LogP contribution in [0.5, 0.6) is 11.5 Å². The Balaban J connectivity index is 1.65. The zero-order chi connectivity index (χ0) is 14.2. The van der Waals surface area contributed by atoms with Crippen LogP contribution < -0.4 is 14.8 Å². The molecule has 2 heterocycles. The van der Waals surface area contributed by atoms with Crippen LogP contribution in [-0.2, 0) is 0 Å². The van der Waals surface area contributed by atoms with E-state index in [0.717, 1.165) is 53.8 Å². The first kappa shape index (κ1) is 12.7. The number of nitrogens with zero attached hydrogens (tertiary/aromatic N) is 1. The van der Waals surface area contributed by atoms with Crippen LogP contribution in [0.25, 0.3) is 10.8 Å². The number of aliphatic hydroxyl groups is 1. The molecule has 2 aromatic rings. The van der Waals surface area contributed by atoms with Crippen molar-refractivity contribution in [1.82, 2.24) is 4.98 Å². The Bertz CT molecular complexity index is 666. The van der Waals surface area contributed by atoms with Gasteiger partial charge in [0.05, 0.1) is 6.10 Å². The van der Waals surface area contributed by atoms with Gasteiger partial charge in [0.1, 0.15) is 5.82 Å². The number of aliphatic hydroxyl groups excluding tert-OH is 1. The van der Waals surface area contributed by atoms with E-state index >= 15 is 0 Å². The van der Waals surface area contributed by atoms with Gasteiger partial charge in [0.15, 0.2) is 11.5 Å². The van der Waals surface area contributed by atoms with Gasteiger partial charge in [-0.05, 0) is 49.3 Å². The summed E-state index contributed by atoms with van der Waals surface area (Å²) >= 11 is 0. The molecule has 0 spiro atoms. The van der Waals surface area contributed by atoms with Crippen LogP contribution in [0.15, 0.2) is 24.4 Å². The van der Waals surface area contributed by atoms with E-state index in [-0.39, 0.29) is 12.9 Å². The van der Waals surface area contributed by atoms with Crippen LogP contribution in [0.3, 0.4) is 0 Å². The normalized spacial score (nSPS) is 24.2. The number of aromatic nitrogens is 1. The highest BCUT2D eigenvalue weighted by Crippen LogP contribution is 2.38. The molecule has 0 bridgehead atoms. The highest BCUT2D eigenvalue weighted by Gasteiger charge is 2.21. The predicted octanol–water partition coefficient (Wildman–Crippen LogP) is 2.68. The van der Waals surface area contributed by atoms with Crippen molar-refractivity contribution >= 4 is 16.6 Å². The maximum absolute atomic E-state index is 9.60. The molecule has 1 aliphatic heterocycles. The minimum Gasteiger partial charge on any atom is -0.454 e. The number of anilines is 1. The SMILES string of the molecule is OC1CCC(Nc2nccc3cc4c(cc23)OCO4)CC1. The third-order valence-electron chi connectivity index (χ3n) is 4.30. The van der Waals surface area contributed by atoms with Gasteiger partial charge in [-0.1, -0.05) is 0 Å². The molecule has 110 valence electrons. The Kier molecular flexibility index (Phi) is 3.07. The zero-order valence-electron chi connectivity index (χ0n) is 11.7. The molecule has 0 atom stereocenters. The van der Waals surface area contributed by atoms with Crippen LogP contribution >= 0.6 is 0 Å². The lowest BCUT2D eigenvalue weighted by atomic mass is 9.93. The van der Waals surface area contributed by atoms with Gasteiger partial charge in [-0.25, -0.2) is 4.98 Å². The summed E-state index contributed by atoms with van der Waals surface area (Å²) in [5.41, 5.74) is 0. The molecule has 2 N–H and O–H groups in total. The Morgan fingerprint density at radius 3 is 2.67 bits per heavy atom. The molecule has 1 aromatic heterocycles. The molecule has 0 unspecified atom stereocenters. The van der Waals surface area contributed by atoms with Crippen molar-refractivity contribution in [1.29, 1.82) is 0 Å². The summed E-state index contributed by atoms with van der Waals surface area (Å²) in [6.07, 6.45) is 5.33. The second kappa shape index (κ2) is 5.07. The monoisotopic (exact) mass is 286 g/mol. The largest absolute Gasteiger partial charge is 0.454 e. The Morgan fingerprint density at radius 2 is 1.86 bits per heavy atom. The van der Waals surface area contributed by atoms with Gasteiger partial charge in [0.2, 0.25) is 6.79 Å². The number of hydrogen-bond donors (Lipinski definition) is 2. The maximum atomic E-state index is 9.60. The number of nitrogens with one attached hydrogen (secondary N) is 1. The van der Waals surface area contributed by atoms with Gasteiger partial charge >= 0.3 is 0 Å². The second-order valence-corrected chi connectivity index (χ2v) is 5.74. The van der Waals surface area contributed by atoms with E-state index in [4.69, 9.17) is 9.47 Å². The average molecular weight is 286 g/mol. The van der Waals surface area contributed by atoms with Crippen LogP contribution in [0, 0.1) is 0 Å². The quantitative estimate of drug-likeness (QED) is 0.888. The fourth-order valence-corrected chi connectivity index (χ4v) is 3.09. The molecule has 2 aliphatic rings. The third-order valence-corrected chi connectivity index (χ3v) is 4.30. The lowest BCUT2D eigenvalue weighted by molar-refractivity contribution is 0.126. The summed E-state index contributed by atoms with van der Waals surface area (Å²) < 4.78 is 10.9. The summed E-state index contributed by atoms with van der Waals surface area (Å²) in [6, 6.07) is 6.34. The molecule has 21 heavy (non-hydrogen) atoms. The molecular weight excluding hydrogens is 268 g/mol. The van der Waals surface area contributed by atoms with E-state index in [1.54, 1.807) is 0 Å². The van der Waals surface area contributed by atoms with Crippen LogP contribution in [0.1, 0.15) is 25.7 Å². The number of benzene rings is 1. The highest BCUT2D eigenvalue weighted by molar-refractivity contribution is 5.94. The van der Waals surface area contributed by atoms with E-state index in [1.807, 2.05) is 24.4 Å². The van der Waals surface area contributed by atoms with E-state index in [0.29, 0.717) is 6.04 Å². The molecule has 0 amide bonds. The number of pyridine rings is 1. The first-order valence-corrected chi connectivity index (χ1v) is 7.42. The molecule has 5 heteroatoms. The van der Waals surface area contributed by atoms with Gasteiger partial charge < -0.3 is 19.9 Å². The fraction of sp³-hybridized carbons (Fsp3) is 0.438. The zero-order valence-corrected chi connectivity index (χ0v) is 11.7. The number of rotatable bonds is 2. The van der Waals surface area contributed by atoms with Gasteiger partial charge in [-0.2, -0.15) is 0 Å². The lowest BCUT2D eigenvalue weighted by Gasteiger charge is -2.27. The van der Waals surface area contributed by atoms with Crippen LogP contribution in [-0.4, -0.2) is 29.0 Å². The number of hydrogen-bond acceptors (Lipinski definition) is 5. The maximum Gasteiger partial charge on any atom is 0.231 e. The molecular formula is C16H18N2O3. The van der Waals surface area contributed by atoms with Crippen molar-refractivity contribution in [3.05, 3.63) is 24.4 Å². The van der Waals surface area contributed by atoms with Crippen LogP contribution in [0.2, 0.25) is 0 Å². The standard InChI is InChI=1S/C16H18N2O3/c19-12-3-1-11(2-4-12)18-16-13-8-15-14(20-9-21-15)7-10(13)5-6-17-16/h5-8,11-12,19H,1-4,9H2,(H,17,18). The summed E-state index contributed by atoms with van der Waals surface area (Å²) in [6.45, 7) is 0.280. The molecule has 1 saturated carbocycles. The van der Waals surface area contributed by atoms with Gasteiger partial charge in [0, 0.05) is 17.6 Å². The smallest absolute Gasteiger partial charge is 0.231 e. The van der Waals surface area contributed by atoms with Crippen molar-refractivity contribution in [3.63, 3.8) is 0 Å². The Labute approximate surface area is 122 Å². The van der Waals surface area contributed by atoms with Crippen molar-refractivity contribution in [2.75, 3.05) is 12.1 Å². The van der Waals surface area contributed by atoms with Crippen molar-refractivity contribution in [2.24, 2.45) is 0 Å². The number of ether oxygens (including phenoxy) is 2. The minimum absolute atomic E-state index is 0.141. The Hall–Kier alpha value is -2.01. The molecule has 5 nitrogen and oxygen atoms in total. The van der Waals surface area contributed by atoms with Crippen molar-refractivity contribution in [3.8, 4) is 11.5 Å². The van der Waals surface area contributed by atoms with E-state index in [9.17, 15) is 5.11 Å². The third kappa shape index (κ3) is 2.38. The van der Waals surface area contributed by atoms with Crippen LogP contribution in [0.4, 0.5) is 5.82 Å².